The molecule has 0 radical (unpaired) electrons. The number of carbonyl (C=O) groups excluding carboxylic acids is 2. The molecule has 0 fully saturated rings. The SMILES string of the molecule is C=CC(=O)N[C@@H]1c2cccc3cccc(c23)[C@H]1NC(=O)C=C. The summed E-state index contributed by atoms with van der Waals surface area (Å²) in [5, 5.41) is 7.98. The summed E-state index contributed by atoms with van der Waals surface area (Å²) in [4.78, 5) is 23.6. The summed E-state index contributed by atoms with van der Waals surface area (Å²) in [5.41, 5.74) is 2.00. The lowest BCUT2D eigenvalue weighted by Gasteiger charge is -2.23. The lowest BCUT2D eigenvalue weighted by Crippen LogP contribution is -2.37. The highest BCUT2D eigenvalue weighted by atomic mass is 16.2. The molecule has 0 saturated heterocycles. The fraction of sp³-hybridized carbons (Fsp3) is 0.111. The number of benzene rings is 2. The number of amides is 2. The number of hydrogen-bond acceptors (Lipinski definition) is 2. The van der Waals surface area contributed by atoms with E-state index in [1.165, 1.54) is 12.2 Å². The molecule has 0 aliphatic heterocycles. The maximum atomic E-state index is 11.8. The van der Waals surface area contributed by atoms with Crippen LogP contribution in [0.5, 0.6) is 0 Å². The van der Waals surface area contributed by atoms with Crippen LogP contribution in [-0.4, -0.2) is 11.8 Å². The maximum absolute atomic E-state index is 11.8. The van der Waals surface area contributed by atoms with E-state index in [-0.39, 0.29) is 23.9 Å². The van der Waals surface area contributed by atoms with Crippen molar-refractivity contribution in [3.8, 4) is 0 Å². The Bertz CT molecular complexity index is 732. The second-order valence-corrected chi connectivity index (χ2v) is 5.17. The van der Waals surface area contributed by atoms with Crippen molar-refractivity contribution in [2.45, 2.75) is 12.1 Å². The van der Waals surface area contributed by atoms with Gasteiger partial charge in [-0.05, 0) is 34.1 Å². The van der Waals surface area contributed by atoms with E-state index in [4.69, 9.17) is 0 Å². The highest BCUT2D eigenvalue weighted by Gasteiger charge is 2.35. The molecule has 110 valence electrons. The van der Waals surface area contributed by atoms with Crippen LogP contribution in [0.1, 0.15) is 23.2 Å². The molecule has 1 aliphatic carbocycles. The minimum atomic E-state index is -0.324. The first-order valence-electron chi connectivity index (χ1n) is 7.03. The summed E-state index contributed by atoms with van der Waals surface area (Å²) in [5.74, 6) is -0.541. The second-order valence-electron chi connectivity index (χ2n) is 5.17. The fourth-order valence-corrected chi connectivity index (χ4v) is 3.02. The first-order chi connectivity index (χ1) is 10.7. The van der Waals surface area contributed by atoms with Crippen molar-refractivity contribution in [3.63, 3.8) is 0 Å². The van der Waals surface area contributed by atoms with Crippen LogP contribution < -0.4 is 10.6 Å². The molecule has 2 amide bonds. The number of nitrogens with one attached hydrogen (secondary N) is 2. The predicted molar refractivity (Wildman–Crippen MR) is 86.1 cm³/mol. The maximum Gasteiger partial charge on any atom is 0.243 e. The Morgan fingerprint density at radius 3 is 1.73 bits per heavy atom. The Morgan fingerprint density at radius 2 is 1.32 bits per heavy atom. The van der Waals surface area contributed by atoms with E-state index >= 15 is 0 Å². The predicted octanol–water partition coefficient (Wildman–Crippen LogP) is 2.54. The molecule has 4 nitrogen and oxygen atoms in total. The number of rotatable bonds is 4. The molecule has 0 unspecified atom stereocenters. The standard InChI is InChI=1S/C18H16N2O2/c1-3-14(21)19-17-12-9-5-7-11-8-6-10-13(16(11)12)18(17)20-15(22)4-2/h3-10,17-18H,1-2H2,(H,19,21)(H,20,22)/t17-,18-/m1/s1. The normalized spacial score (nSPS) is 18.7. The summed E-state index contributed by atoms with van der Waals surface area (Å²) in [6.07, 6.45) is 2.46. The zero-order valence-corrected chi connectivity index (χ0v) is 12.0. The Hall–Kier alpha value is -2.88. The van der Waals surface area contributed by atoms with Gasteiger partial charge in [0, 0.05) is 0 Å². The highest BCUT2D eigenvalue weighted by molar-refractivity contribution is 5.95. The van der Waals surface area contributed by atoms with Crippen LogP contribution in [0.2, 0.25) is 0 Å². The minimum absolute atomic E-state index is 0.271. The van der Waals surface area contributed by atoms with E-state index in [1.54, 1.807) is 0 Å². The Balaban J connectivity index is 2.12. The molecule has 4 heteroatoms. The lowest BCUT2D eigenvalue weighted by molar-refractivity contribution is -0.119. The van der Waals surface area contributed by atoms with Crippen molar-refractivity contribution in [1.82, 2.24) is 10.6 Å². The molecular formula is C18H16N2O2. The molecular weight excluding hydrogens is 276 g/mol. The minimum Gasteiger partial charge on any atom is -0.343 e. The zero-order chi connectivity index (χ0) is 15.7. The van der Waals surface area contributed by atoms with E-state index in [2.05, 4.69) is 23.8 Å². The third-order valence-corrected chi connectivity index (χ3v) is 3.94. The Morgan fingerprint density at radius 1 is 0.864 bits per heavy atom. The van der Waals surface area contributed by atoms with Crippen molar-refractivity contribution in [2.24, 2.45) is 0 Å². The van der Waals surface area contributed by atoms with Crippen molar-refractivity contribution >= 4 is 22.6 Å². The average molecular weight is 292 g/mol. The smallest absolute Gasteiger partial charge is 0.243 e. The third kappa shape index (κ3) is 2.19. The Kier molecular flexibility index (Phi) is 3.51. The van der Waals surface area contributed by atoms with Gasteiger partial charge in [-0.15, -0.1) is 0 Å². The van der Waals surface area contributed by atoms with E-state index in [0.29, 0.717) is 0 Å². The van der Waals surface area contributed by atoms with Crippen LogP contribution >= 0.6 is 0 Å². The van der Waals surface area contributed by atoms with Gasteiger partial charge in [0.05, 0.1) is 12.1 Å². The summed E-state index contributed by atoms with van der Waals surface area (Å²) in [7, 11) is 0. The van der Waals surface area contributed by atoms with Gasteiger partial charge in [0.25, 0.3) is 0 Å². The molecule has 2 aromatic rings. The first kappa shape index (κ1) is 14.1. The fourth-order valence-electron chi connectivity index (χ4n) is 3.02. The van der Waals surface area contributed by atoms with Crippen LogP contribution in [0, 0.1) is 0 Å². The molecule has 2 N–H and O–H groups in total. The highest BCUT2D eigenvalue weighted by Crippen LogP contribution is 2.43. The molecule has 3 rings (SSSR count). The summed E-state index contributed by atoms with van der Waals surface area (Å²) in [6, 6.07) is 11.2. The molecule has 0 spiro atoms. The van der Waals surface area contributed by atoms with Crippen LogP contribution in [0.3, 0.4) is 0 Å². The van der Waals surface area contributed by atoms with Crippen molar-refractivity contribution < 1.29 is 9.59 Å². The van der Waals surface area contributed by atoms with Crippen molar-refractivity contribution in [1.29, 1.82) is 0 Å². The molecule has 0 heterocycles. The molecule has 22 heavy (non-hydrogen) atoms. The zero-order valence-electron chi connectivity index (χ0n) is 12.0. The number of hydrogen-bond donors (Lipinski definition) is 2. The number of carbonyl (C=O) groups is 2. The molecule has 0 aromatic heterocycles. The monoisotopic (exact) mass is 292 g/mol. The molecule has 0 saturated carbocycles. The van der Waals surface area contributed by atoms with Gasteiger partial charge in [0.2, 0.25) is 11.8 Å². The second kappa shape index (κ2) is 5.48. The summed E-state index contributed by atoms with van der Waals surface area (Å²) < 4.78 is 0. The van der Waals surface area contributed by atoms with Gasteiger partial charge >= 0.3 is 0 Å². The van der Waals surface area contributed by atoms with E-state index in [9.17, 15) is 9.59 Å². The van der Waals surface area contributed by atoms with Gasteiger partial charge in [-0.1, -0.05) is 49.6 Å². The average Bonchev–Trinajstić information content (AvgIpc) is 2.83. The van der Waals surface area contributed by atoms with E-state index in [1.807, 2.05) is 36.4 Å². The van der Waals surface area contributed by atoms with Gasteiger partial charge in [-0.25, -0.2) is 0 Å². The third-order valence-electron chi connectivity index (χ3n) is 3.94. The quantitative estimate of drug-likeness (QED) is 0.851. The van der Waals surface area contributed by atoms with Crippen molar-refractivity contribution in [2.75, 3.05) is 0 Å². The summed E-state index contributed by atoms with van der Waals surface area (Å²) in [6.45, 7) is 6.97. The van der Waals surface area contributed by atoms with Gasteiger partial charge in [-0.3, -0.25) is 9.59 Å². The van der Waals surface area contributed by atoms with E-state index in [0.717, 1.165) is 21.9 Å². The van der Waals surface area contributed by atoms with Crippen LogP contribution in [0.25, 0.3) is 10.8 Å². The van der Waals surface area contributed by atoms with Crippen molar-refractivity contribution in [3.05, 3.63) is 72.8 Å². The molecule has 0 bridgehead atoms. The largest absolute Gasteiger partial charge is 0.343 e. The van der Waals surface area contributed by atoms with Gasteiger partial charge in [0.1, 0.15) is 0 Å². The van der Waals surface area contributed by atoms with Crippen LogP contribution in [0.4, 0.5) is 0 Å². The van der Waals surface area contributed by atoms with E-state index < -0.39 is 0 Å². The van der Waals surface area contributed by atoms with Gasteiger partial charge < -0.3 is 10.6 Å². The molecule has 2 aromatic carbocycles. The summed E-state index contributed by atoms with van der Waals surface area (Å²) >= 11 is 0. The Labute approximate surface area is 128 Å². The molecule has 1 aliphatic rings. The van der Waals surface area contributed by atoms with Crippen LogP contribution in [-0.2, 0) is 9.59 Å². The lowest BCUT2D eigenvalue weighted by atomic mass is 10.0. The topological polar surface area (TPSA) is 58.2 Å². The van der Waals surface area contributed by atoms with Crippen LogP contribution in [0.15, 0.2) is 61.7 Å². The first-order valence-corrected chi connectivity index (χ1v) is 7.03. The van der Waals surface area contributed by atoms with Gasteiger partial charge in [-0.2, -0.15) is 0 Å². The van der Waals surface area contributed by atoms with Gasteiger partial charge in [0.15, 0.2) is 0 Å². The molecule has 2 atom stereocenters.